The third-order valence-corrected chi connectivity index (χ3v) is 3.81. The molecule has 6 heteroatoms. The number of pyridine rings is 1. The number of carbonyl (C=O) groups excluding carboxylic acids is 1. The largest absolute Gasteiger partial charge is 0.497 e. The molecule has 0 spiro atoms. The molecule has 2 aromatic carbocycles. The van der Waals surface area contributed by atoms with Crippen molar-refractivity contribution < 1.29 is 14.3 Å². The average Bonchev–Trinajstić information content (AvgIpc) is 2.70. The Hall–Kier alpha value is -3.54. The lowest BCUT2D eigenvalue weighted by Gasteiger charge is -2.13. The monoisotopic (exact) mass is 363 g/mol. The molecular weight excluding hydrogens is 342 g/mol. The Morgan fingerprint density at radius 3 is 2.56 bits per heavy atom. The van der Waals surface area contributed by atoms with Gasteiger partial charge in [-0.25, -0.2) is 0 Å². The number of hydrogen-bond acceptors (Lipinski definition) is 5. The van der Waals surface area contributed by atoms with Gasteiger partial charge in [0.1, 0.15) is 17.2 Å². The lowest BCUT2D eigenvalue weighted by atomic mass is 10.2. The normalized spacial score (nSPS) is 10.1. The van der Waals surface area contributed by atoms with Gasteiger partial charge < -0.3 is 20.1 Å². The van der Waals surface area contributed by atoms with Crippen LogP contribution in [0.2, 0.25) is 0 Å². The van der Waals surface area contributed by atoms with E-state index in [1.165, 1.54) is 0 Å². The lowest BCUT2D eigenvalue weighted by molar-refractivity contribution is 0.102. The number of carbonyl (C=O) groups is 1. The molecule has 1 aromatic heterocycles. The van der Waals surface area contributed by atoms with Crippen LogP contribution in [-0.4, -0.2) is 24.6 Å². The summed E-state index contributed by atoms with van der Waals surface area (Å²) < 4.78 is 10.7. The molecule has 3 rings (SSSR count). The van der Waals surface area contributed by atoms with Crippen LogP contribution in [0.15, 0.2) is 66.9 Å². The van der Waals surface area contributed by atoms with Crippen molar-refractivity contribution in [3.8, 4) is 11.5 Å². The fraction of sp³-hybridized carbons (Fsp3) is 0.143. The summed E-state index contributed by atoms with van der Waals surface area (Å²) >= 11 is 0. The Morgan fingerprint density at radius 1 is 1.04 bits per heavy atom. The second-order valence-electron chi connectivity index (χ2n) is 5.67. The van der Waals surface area contributed by atoms with Gasteiger partial charge in [-0.05, 0) is 55.5 Å². The SMILES string of the molecule is CCOc1ccccc1Nc1ccnc(C(=O)Nc2ccc(OC)cc2)c1. The zero-order chi connectivity index (χ0) is 19.1. The molecular formula is C21H21N3O3. The van der Waals surface area contributed by atoms with E-state index in [-0.39, 0.29) is 5.91 Å². The maximum atomic E-state index is 12.5. The summed E-state index contributed by atoms with van der Waals surface area (Å²) in [6.07, 6.45) is 1.59. The van der Waals surface area contributed by atoms with Crippen LogP contribution in [-0.2, 0) is 0 Å². The average molecular weight is 363 g/mol. The van der Waals surface area contributed by atoms with Gasteiger partial charge in [-0.15, -0.1) is 0 Å². The smallest absolute Gasteiger partial charge is 0.274 e. The molecule has 0 fully saturated rings. The highest BCUT2D eigenvalue weighted by molar-refractivity contribution is 6.03. The molecule has 0 saturated heterocycles. The number of nitrogens with zero attached hydrogens (tertiary/aromatic N) is 1. The Kier molecular flexibility index (Phi) is 5.89. The van der Waals surface area contributed by atoms with Gasteiger partial charge in [-0.2, -0.15) is 0 Å². The van der Waals surface area contributed by atoms with Gasteiger partial charge in [-0.3, -0.25) is 9.78 Å². The number of rotatable bonds is 7. The number of amides is 1. The van der Waals surface area contributed by atoms with Gasteiger partial charge in [0.05, 0.1) is 19.4 Å². The second kappa shape index (κ2) is 8.71. The number of nitrogens with one attached hydrogen (secondary N) is 2. The van der Waals surface area contributed by atoms with E-state index in [9.17, 15) is 4.79 Å². The number of hydrogen-bond donors (Lipinski definition) is 2. The molecule has 0 aliphatic carbocycles. The standard InChI is InChI=1S/C21H21N3O3/c1-3-27-20-7-5-4-6-18(20)23-16-12-13-22-19(14-16)21(25)24-15-8-10-17(26-2)11-9-15/h4-14H,3H2,1-2H3,(H,22,23)(H,24,25). The molecule has 1 amide bonds. The summed E-state index contributed by atoms with van der Waals surface area (Å²) in [6, 6.07) is 18.3. The van der Waals surface area contributed by atoms with Crippen LogP contribution in [0, 0.1) is 0 Å². The van der Waals surface area contributed by atoms with Crippen LogP contribution in [0.5, 0.6) is 11.5 Å². The molecule has 1 heterocycles. The van der Waals surface area contributed by atoms with Crippen LogP contribution in [0.3, 0.4) is 0 Å². The van der Waals surface area contributed by atoms with E-state index in [1.54, 1.807) is 49.7 Å². The molecule has 2 N–H and O–H groups in total. The van der Waals surface area contributed by atoms with E-state index in [0.717, 1.165) is 22.9 Å². The highest BCUT2D eigenvalue weighted by Crippen LogP contribution is 2.27. The van der Waals surface area contributed by atoms with E-state index in [0.29, 0.717) is 18.0 Å². The minimum atomic E-state index is -0.290. The first-order valence-corrected chi connectivity index (χ1v) is 8.60. The first kappa shape index (κ1) is 18.3. The summed E-state index contributed by atoms with van der Waals surface area (Å²) in [7, 11) is 1.60. The quantitative estimate of drug-likeness (QED) is 0.647. The second-order valence-corrected chi connectivity index (χ2v) is 5.67. The van der Waals surface area contributed by atoms with Gasteiger partial charge in [-0.1, -0.05) is 12.1 Å². The number of benzene rings is 2. The molecule has 0 unspecified atom stereocenters. The van der Waals surface area contributed by atoms with Gasteiger partial charge in [0.2, 0.25) is 0 Å². The summed E-state index contributed by atoms with van der Waals surface area (Å²) in [5, 5.41) is 6.09. The molecule has 0 aliphatic rings. The van der Waals surface area contributed by atoms with Crippen molar-refractivity contribution >= 4 is 23.0 Å². The fourth-order valence-electron chi connectivity index (χ4n) is 2.51. The zero-order valence-electron chi connectivity index (χ0n) is 15.2. The van der Waals surface area contributed by atoms with Crippen molar-refractivity contribution in [2.75, 3.05) is 24.4 Å². The fourth-order valence-corrected chi connectivity index (χ4v) is 2.51. The van der Waals surface area contributed by atoms with Crippen molar-refractivity contribution in [2.24, 2.45) is 0 Å². The van der Waals surface area contributed by atoms with E-state index in [2.05, 4.69) is 15.6 Å². The van der Waals surface area contributed by atoms with Crippen molar-refractivity contribution in [1.29, 1.82) is 0 Å². The Balaban J connectivity index is 1.74. The van der Waals surface area contributed by atoms with E-state index >= 15 is 0 Å². The van der Waals surface area contributed by atoms with Crippen LogP contribution in [0.4, 0.5) is 17.1 Å². The molecule has 0 atom stereocenters. The number of ether oxygens (including phenoxy) is 2. The minimum absolute atomic E-state index is 0.290. The maximum absolute atomic E-state index is 12.5. The van der Waals surface area contributed by atoms with Crippen molar-refractivity contribution in [2.45, 2.75) is 6.92 Å². The highest BCUT2D eigenvalue weighted by atomic mass is 16.5. The lowest BCUT2D eigenvalue weighted by Crippen LogP contribution is -2.13. The topological polar surface area (TPSA) is 72.5 Å². The predicted octanol–water partition coefficient (Wildman–Crippen LogP) is 4.48. The van der Waals surface area contributed by atoms with Crippen LogP contribution < -0.4 is 20.1 Å². The summed E-state index contributed by atoms with van der Waals surface area (Å²) in [5.41, 5.74) is 2.55. The van der Waals surface area contributed by atoms with Crippen molar-refractivity contribution in [3.63, 3.8) is 0 Å². The van der Waals surface area contributed by atoms with Gasteiger partial charge in [0, 0.05) is 17.6 Å². The summed E-state index contributed by atoms with van der Waals surface area (Å²) in [4.78, 5) is 16.6. The van der Waals surface area contributed by atoms with Gasteiger partial charge in [0.25, 0.3) is 5.91 Å². The molecule has 6 nitrogen and oxygen atoms in total. The van der Waals surface area contributed by atoms with Crippen LogP contribution >= 0.6 is 0 Å². The van der Waals surface area contributed by atoms with Crippen molar-refractivity contribution in [1.82, 2.24) is 4.98 Å². The number of aromatic nitrogens is 1. The van der Waals surface area contributed by atoms with E-state index in [1.807, 2.05) is 31.2 Å². The Labute approximate surface area is 158 Å². The zero-order valence-corrected chi connectivity index (χ0v) is 15.2. The van der Waals surface area contributed by atoms with Crippen LogP contribution in [0.25, 0.3) is 0 Å². The van der Waals surface area contributed by atoms with Gasteiger partial charge in [0.15, 0.2) is 0 Å². The molecule has 138 valence electrons. The van der Waals surface area contributed by atoms with E-state index < -0.39 is 0 Å². The third-order valence-electron chi connectivity index (χ3n) is 3.81. The van der Waals surface area contributed by atoms with Crippen LogP contribution in [0.1, 0.15) is 17.4 Å². The maximum Gasteiger partial charge on any atom is 0.274 e. The molecule has 0 aliphatic heterocycles. The third kappa shape index (κ3) is 4.76. The predicted molar refractivity (Wildman–Crippen MR) is 106 cm³/mol. The number of methoxy groups -OCH3 is 1. The summed E-state index contributed by atoms with van der Waals surface area (Å²) in [6.45, 7) is 2.51. The number of para-hydroxylation sites is 2. The molecule has 0 saturated carbocycles. The first-order valence-electron chi connectivity index (χ1n) is 8.60. The summed E-state index contributed by atoms with van der Waals surface area (Å²) in [5.74, 6) is 1.19. The Morgan fingerprint density at radius 2 is 1.81 bits per heavy atom. The molecule has 27 heavy (non-hydrogen) atoms. The van der Waals surface area contributed by atoms with Crippen molar-refractivity contribution in [3.05, 3.63) is 72.6 Å². The molecule has 3 aromatic rings. The van der Waals surface area contributed by atoms with E-state index in [4.69, 9.17) is 9.47 Å². The molecule has 0 radical (unpaired) electrons. The Bertz CT molecular complexity index is 911. The minimum Gasteiger partial charge on any atom is -0.497 e. The molecule has 0 bridgehead atoms. The highest BCUT2D eigenvalue weighted by Gasteiger charge is 2.10. The van der Waals surface area contributed by atoms with Gasteiger partial charge >= 0.3 is 0 Å². The number of anilines is 3. The first-order chi connectivity index (χ1) is 13.2.